The van der Waals surface area contributed by atoms with Crippen LogP contribution in [0.3, 0.4) is 0 Å². The van der Waals surface area contributed by atoms with Gasteiger partial charge in [0.05, 0.1) is 5.56 Å². The van der Waals surface area contributed by atoms with E-state index in [-0.39, 0.29) is 19.3 Å². The molecule has 1 aromatic carbocycles. The molecule has 0 unspecified atom stereocenters. The molecule has 0 aliphatic carbocycles. The topological polar surface area (TPSA) is 54.4 Å². The van der Waals surface area contributed by atoms with Crippen molar-refractivity contribution >= 4 is 11.8 Å². The summed E-state index contributed by atoms with van der Waals surface area (Å²) in [5, 5.41) is 8.35. The molecule has 0 heterocycles. The van der Waals surface area contributed by atoms with Crippen molar-refractivity contribution in [2.45, 2.75) is 19.3 Å². The number of aliphatic carboxylic acids is 1. The first kappa shape index (κ1) is 12.3. The predicted molar refractivity (Wildman–Crippen MR) is 52.2 cm³/mol. The molecule has 0 aliphatic heterocycles. The quantitative estimate of drug-likeness (QED) is 0.787. The highest BCUT2D eigenvalue weighted by molar-refractivity contribution is 5.96. The van der Waals surface area contributed by atoms with Crippen molar-refractivity contribution in [3.63, 3.8) is 0 Å². The molecule has 0 radical (unpaired) electrons. The molecule has 1 N–H and O–H groups in total. The third-order valence-corrected chi connectivity index (χ3v) is 2.04. The van der Waals surface area contributed by atoms with Gasteiger partial charge in [0.2, 0.25) is 0 Å². The van der Waals surface area contributed by atoms with Crippen molar-refractivity contribution in [2.24, 2.45) is 0 Å². The van der Waals surface area contributed by atoms with Gasteiger partial charge in [0.1, 0.15) is 11.6 Å². The summed E-state index contributed by atoms with van der Waals surface area (Å²) < 4.78 is 26.2. The van der Waals surface area contributed by atoms with E-state index in [0.29, 0.717) is 0 Å². The Morgan fingerprint density at radius 1 is 1.12 bits per heavy atom. The lowest BCUT2D eigenvalue weighted by molar-refractivity contribution is -0.137. The van der Waals surface area contributed by atoms with E-state index in [0.717, 1.165) is 12.1 Å². The molecular formula is C11H10F2O3. The highest BCUT2D eigenvalue weighted by Gasteiger charge is 2.16. The second-order valence-corrected chi connectivity index (χ2v) is 3.27. The van der Waals surface area contributed by atoms with E-state index in [1.807, 2.05) is 0 Å². The third-order valence-electron chi connectivity index (χ3n) is 2.04. The number of hydrogen-bond acceptors (Lipinski definition) is 2. The average molecular weight is 228 g/mol. The minimum atomic E-state index is -1.04. The average Bonchev–Trinajstić information content (AvgIpc) is 2.16. The van der Waals surface area contributed by atoms with Gasteiger partial charge in [0.15, 0.2) is 5.78 Å². The molecule has 5 heteroatoms. The number of carbonyl (C=O) groups excluding carboxylic acids is 1. The van der Waals surface area contributed by atoms with E-state index in [1.165, 1.54) is 6.07 Å². The Hall–Kier alpha value is -1.78. The lowest BCUT2D eigenvalue weighted by Gasteiger charge is -2.02. The number of carboxylic acid groups (broad SMARTS) is 1. The van der Waals surface area contributed by atoms with Crippen LogP contribution in [0, 0.1) is 11.6 Å². The molecule has 0 amide bonds. The van der Waals surface area contributed by atoms with Crippen LogP contribution < -0.4 is 0 Å². The number of carbonyl (C=O) groups is 2. The van der Waals surface area contributed by atoms with Crippen molar-refractivity contribution in [3.05, 3.63) is 35.4 Å². The first-order valence-electron chi connectivity index (χ1n) is 4.71. The molecule has 3 nitrogen and oxygen atoms in total. The summed E-state index contributed by atoms with van der Waals surface area (Å²) in [6.07, 6.45) is -0.298. The number of carboxylic acids is 1. The van der Waals surface area contributed by atoms with Crippen molar-refractivity contribution < 1.29 is 23.5 Å². The van der Waals surface area contributed by atoms with Gasteiger partial charge < -0.3 is 5.11 Å². The molecule has 86 valence electrons. The maximum absolute atomic E-state index is 13.1. The second kappa shape index (κ2) is 5.34. The Balaban J connectivity index is 2.70. The van der Waals surface area contributed by atoms with Crippen molar-refractivity contribution in [3.8, 4) is 0 Å². The smallest absolute Gasteiger partial charge is 0.303 e. The first-order valence-corrected chi connectivity index (χ1v) is 4.71. The van der Waals surface area contributed by atoms with Gasteiger partial charge in [-0.3, -0.25) is 9.59 Å². The van der Waals surface area contributed by atoms with Crippen LogP contribution in [-0.2, 0) is 4.79 Å². The maximum Gasteiger partial charge on any atom is 0.303 e. The van der Waals surface area contributed by atoms with Gasteiger partial charge in [-0.15, -0.1) is 0 Å². The van der Waals surface area contributed by atoms with Crippen molar-refractivity contribution in [1.82, 2.24) is 0 Å². The van der Waals surface area contributed by atoms with Gasteiger partial charge in [0.25, 0.3) is 0 Å². The van der Waals surface area contributed by atoms with Crippen LogP contribution in [0.15, 0.2) is 18.2 Å². The third kappa shape index (κ3) is 3.12. The molecule has 0 atom stereocenters. The Kier molecular flexibility index (Phi) is 4.10. The zero-order valence-corrected chi connectivity index (χ0v) is 8.37. The molecule has 0 aliphatic rings. The number of halogens is 2. The van der Waals surface area contributed by atoms with Gasteiger partial charge in [-0.2, -0.15) is 0 Å². The zero-order valence-electron chi connectivity index (χ0n) is 8.37. The van der Waals surface area contributed by atoms with E-state index in [4.69, 9.17) is 5.11 Å². The van der Waals surface area contributed by atoms with Gasteiger partial charge >= 0.3 is 5.97 Å². The fourth-order valence-electron chi connectivity index (χ4n) is 1.29. The predicted octanol–water partition coefficient (Wildman–Crippen LogP) is 2.40. The Labute approximate surface area is 90.7 Å². The summed E-state index contributed by atoms with van der Waals surface area (Å²) in [5.41, 5.74) is -0.590. The minimum absolute atomic E-state index is 0.0714. The zero-order chi connectivity index (χ0) is 12.1. The molecule has 0 fully saturated rings. The summed E-state index contributed by atoms with van der Waals surface area (Å²) in [6.45, 7) is 0. The van der Waals surface area contributed by atoms with Crippen LogP contribution in [0.1, 0.15) is 29.6 Å². The van der Waals surface area contributed by atoms with E-state index in [1.54, 1.807) is 0 Å². The van der Waals surface area contributed by atoms with E-state index < -0.39 is 29.0 Å². The Morgan fingerprint density at radius 2 is 1.69 bits per heavy atom. The molecule has 1 rings (SSSR count). The Morgan fingerprint density at radius 3 is 2.19 bits per heavy atom. The molecule has 1 aromatic rings. The van der Waals surface area contributed by atoms with Crippen LogP contribution in [0.25, 0.3) is 0 Å². The summed E-state index contributed by atoms with van der Waals surface area (Å²) in [5.74, 6) is -3.58. The monoisotopic (exact) mass is 228 g/mol. The second-order valence-electron chi connectivity index (χ2n) is 3.27. The van der Waals surface area contributed by atoms with Gasteiger partial charge in [0, 0.05) is 12.8 Å². The summed E-state index contributed by atoms with van der Waals surface area (Å²) in [4.78, 5) is 21.6. The SMILES string of the molecule is O=C(O)CCCC(=O)c1c(F)cccc1F. The fraction of sp³-hybridized carbons (Fsp3) is 0.273. The summed E-state index contributed by atoms with van der Waals surface area (Å²) in [7, 11) is 0. The molecule has 0 saturated heterocycles. The number of rotatable bonds is 5. The van der Waals surface area contributed by atoms with Crippen molar-refractivity contribution in [1.29, 1.82) is 0 Å². The van der Waals surface area contributed by atoms with Gasteiger partial charge in [-0.25, -0.2) is 8.78 Å². The van der Waals surface area contributed by atoms with Crippen LogP contribution in [-0.4, -0.2) is 16.9 Å². The van der Waals surface area contributed by atoms with Gasteiger partial charge in [-0.05, 0) is 18.6 Å². The Bertz CT molecular complexity index is 395. The molecule has 0 bridgehead atoms. The lowest BCUT2D eigenvalue weighted by Crippen LogP contribution is -2.06. The van der Waals surface area contributed by atoms with Crippen LogP contribution >= 0.6 is 0 Å². The van der Waals surface area contributed by atoms with Crippen LogP contribution in [0.2, 0.25) is 0 Å². The normalized spacial score (nSPS) is 10.1. The molecular weight excluding hydrogens is 218 g/mol. The molecule has 0 aromatic heterocycles. The molecule has 0 saturated carbocycles. The fourth-order valence-corrected chi connectivity index (χ4v) is 1.29. The largest absolute Gasteiger partial charge is 0.481 e. The summed E-state index contributed by atoms with van der Waals surface area (Å²) >= 11 is 0. The minimum Gasteiger partial charge on any atom is -0.481 e. The van der Waals surface area contributed by atoms with E-state index >= 15 is 0 Å². The van der Waals surface area contributed by atoms with Crippen LogP contribution in [0.4, 0.5) is 8.78 Å². The highest BCUT2D eigenvalue weighted by atomic mass is 19.1. The van der Waals surface area contributed by atoms with Crippen molar-refractivity contribution in [2.75, 3.05) is 0 Å². The maximum atomic E-state index is 13.1. The summed E-state index contributed by atoms with van der Waals surface area (Å²) in [6, 6.07) is 3.15. The number of Topliss-reactive ketones (excluding diaryl/α,β-unsaturated/α-hetero) is 1. The number of hydrogen-bond donors (Lipinski definition) is 1. The first-order chi connectivity index (χ1) is 7.52. The van der Waals surface area contributed by atoms with E-state index in [2.05, 4.69) is 0 Å². The lowest BCUT2D eigenvalue weighted by atomic mass is 10.0. The molecule has 16 heavy (non-hydrogen) atoms. The standard InChI is InChI=1S/C11H10F2O3/c12-7-3-1-4-8(13)11(7)9(14)5-2-6-10(15)16/h1,3-4H,2,5-6H2,(H,15,16). The number of ketones is 1. The number of benzene rings is 1. The molecule has 0 spiro atoms. The highest BCUT2D eigenvalue weighted by Crippen LogP contribution is 2.15. The van der Waals surface area contributed by atoms with E-state index in [9.17, 15) is 18.4 Å². The van der Waals surface area contributed by atoms with Gasteiger partial charge in [-0.1, -0.05) is 6.07 Å². The van der Waals surface area contributed by atoms with Crippen LogP contribution in [0.5, 0.6) is 0 Å².